The molecule has 2 aromatic rings. The van der Waals surface area contributed by atoms with Crippen LogP contribution in [0.5, 0.6) is 0 Å². The fourth-order valence-electron chi connectivity index (χ4n) is 4.29. The van der Waals surface area contributed by atoms with Gasteiger partial charge in [0.05, 0.1) is 5.75 Å². The highest BCUT2D eigenvalue weighted by Gasteiger charge is 2.40. The summed E-state index contributed by atoms with van der Waals surface area (Å²) >= 11 is 4.93. The van der Waals surface area contributed by atoms with Crippen LogP contribution in [0.15, 0.2) is 33.9 Å². The van der Waals surface area contributed by atoms with Gasteiger partial charge in [-0.2, -0.15) is 0 Å². The normalized spacial score (nSPS) is 24.2. The zero-order chi connectivity index (χ0) is 18.1. The Morgan fingerprint density at radius 1 is 1.27 bits per heavy atom. The van der Waals surface area contributed by atoms with E-state index >= 15 is 0 Å². The summed E-state index contributed by atoms with van der Waals surface area (Å²) in [6.45, 7) is 2.85. The number of thioether (sulfide) groups is 1. The number of nitrogens with one attached hydrogen (secondary N) is 1. The van der Waals surface area contributed by atoms with Gasteiger partial charge >= 0.3 is 0 Å². The van der Waals surface area contributed by atoms with E-state index in [1.54, 1.807) is 0 Å². The lowest BCUT2D eigenvalue weighted by Crippen LogP contribution is -2.39. The summed E-state index contributed by atoms with van der Waals surface area (Å²) < 4.78 is 3.11. The Bertz CT molecular complexity index is 791. The molecule has 2 bridgehead atoms. The first kappa shape index (κ1) is 18.0. The van der Waals surface area contributed by atoms with Crippen molar-refractivity contribution in [2.45, 2.75) is 50.4 Å². The minimum atomic E-state index is 0.114. The van der Waals surface area contributed by atoms with Gasteiger partial charge in [-0.15, -0.1) is 10.2 Å². The molecule has 7 heteroatoms. The number of hydrogen-bond acceptors (Lipinski definition) is 4. The Hall–Kier alpha value is -1.34. The quantitative estimate of drug-likeness (QED) is 0.694. The molecule has 0 radical (unpaired) electrons. The van der Waals surface area contributed by atoms with Crippen molar-refractivity contribution >= 4 is 33.6 Å². The van der Waals surface area contributed by atoms with E-state index in [4.69, 9.17) is 0 Å². The van der Waals surface area contributed by atoms with E-state index in [0.29, 0.717) is 17.7 Å². The van der Waals surface area contributed by atoms with Gasteiger partial charge in [0.15, 0.2) is 11.0 Å². The summed E-state index contributed by atoms with van der Waals surface area (Å²) in [5.74, 6) is 2.90. The molecule has 2 fully saturated rings. The molecule has 3 atom stereocenters. The van der Waals surface area contributed by atoms with Crippen molar-refractivity contribution in [2.24, 2.45) is 11.8 Å². The predicted octanol–water partition coefficient (Wildman–Crippen LogP) is 4.12. The zero-order valence-corrected chi connectivity index (χ0v) is 17.2. The minimum absolute atomic E-state index is 0.114. The molecule has 2 saturated carbocycles. The minimum Gasteiger partial charge on any atom is -0.352 e. The zero-order valence-electron chi connectivity index (χ0n) is 14.8. The number of benzene rings is 1. The molecule has 0 unspecified atom stereocenters. The summed E-state index contributed by atoms with van der Waals surface area (Å²) in [4.78, 5) is 12.4. The second-order valence-electron chi connectivity index (χ2n) is 7.19. The van der Waals surface area contributed by atoms with Gasteiger partial charge in [0.1, 0.15) is 0 Å². The van der Waals surface area contributed by atoms with E-state index in [1.165, 1.54) is 37.4 Å². The third-order valence-corrected chi connectivity index (χ3v) is 7.05. The van der Waals surface area contributed by atoms with Gasteiger partial charge in [0.25, 0.3) is 0 Å². The Balaban J connectivity index is 1.39. The van der Waals surface area contributed by atoms with Crippen molar-refractivity contribution in [3.8, 4) is 11.4 Å². The molecular weight excluding hydrogens is 412 g/mol. The largest absolute Gasteiger partial charge is 0.352 e. The maximum atomic E-state index is 12.4. The second-order valence-corrected chi connectivity index (χ2v) is 9.05. The van der Waals surface area contributed by atoms with Crippen molar-refractivity contribution in [1.29, 1.82) is 0 Å². The Kier molecular flexibility index (Phi) is 5.36. The fraction of sp³-hybridized carbons (Fsp3) is 0.526. The lowest BCUT2D eigenvalue weighted by molar-refractivity contribution is -0.119. The first-order valence-electron chi connectivity index (χ1n) is 9.25. The Labute approximate surface area is 166 Å². The number of halogens is 1. The van der Waals surface area contributed by atoms with Gasteiger partial charge in [0, 0.05) is 22.6 Å². The van der Waals surface area contributed by atoms with Crippen LogP contribution >= 0.6 is 27.7 Å². The number of carbonyl (C=O) groups excluding carboxylic acids is 1. The number of rotatable bonds is 6. The molecule has 5 nitrogen and oxygen atoms in total. The van der Waals surface area contributed by atoms with E-state index in [-0.39, 0.29) is 5.91 Å². The van der Waals surface area contributed by atoms with Crippen LogP contribution in [0.25, 0.3) is 11.4 Å². The maximum absolute atomic E-state index is 12.4. The van der Waals surface area contributed by atoms with Crippen LogP contribution in [0.3, 0.4) is 0 Å². The molecular formula is C19H23BrN4OS. The van der Waals surface area contributed by atoms with Gasteiger partial charge in [-0.05, 0) is 50.2 Å². The van der Waals surface area contributed by atoms with E-state index in [0.717, 1.165) is 33.5 Å². The summed E-state index contributed by atoms with van der Waals surface area (Å²) in [6.07, 6.45) is 5.10. The molecule has 26 heavy (non-hydrogen) atoms. The van der Waals surface area contributed by atoms with Crippen LogP contribution in [0.1, 0.15) is 32.6 Å². The van der Waals surface area contributed by atoms with Gasteiger partial charge < -0.3 is 9.88 Å². The van der Waals surface area contributed by atoms with E-state index in [9.17, 15) is 4.79 Å². The van der Waals surface area contributed by atoms with Gasteiger partial charge in [0.2, 0.25) is 5.91 Å². The topological polar surface area (TPSA) is 59.8 Å². The van der Waals surface area contributed by atoms with Crippen LogP contribution in [0, 0.1) is 11.8 Å². The molecule has 1 aromatic heterocycles. The molecule has 1 N–H and O–H groups in total. The average Bonchev–Trinajstić information content (AvgIpc) is 3.35. The first-order chi connectivity index (χ1) is 12.6. The average molecular weight is 435 g/mol. The van der Waals surface area contributed by atoms with Gasteiger partial charge in [-0.3, -0.25) is 4.79 Å². The Morgan fingerprint density at radius 2 is 2.08 bits per heavy atom. The number of hydrogen-bond donors (Lipinski definition) is 1. The summed E-state index contributed by atoms with van der Waals surface area (Å²) in [7, 11) is 0. The van der Waals surface area contributed by atoms with Crippen LogP contribution < -0.4 is 5.32 Å². The van der Waals surface area contributed by atoms with E-state index in [2.05, 4.69) is 42.9 Å². The monoisotopic (exact) mass is 434 g/mol. The number of aromatic nitrogens is 3. The molecule has 138 valence electrons. The molecule has 1 heterocycles. The Morgan fingerprint density at radius 3 is 2.73 bits per heavy atom. The van der Waals surface area contributed by atoms with Crippen LogP contribution in [-0.4, -0.2) is 32.5 Å². The smallest absolute Gasteiger partial charge is 0.230 e. The summed E-state index contributed by atoms with van der Waals surface area (Å²) in [5.41, 5.74) is 1.03. The van der Waals surface area contributed by atoms with Crippen LogP contribution in [-0.2, 0) is 11.3 Å². The number of nitrogens with zero attached hydrogens (tertiary/aromatic N) is 3. The number of amides is 1. The fourth-order valence-corrected chi connectivity index (χ4v) is 5.37. The highest BCUT2D eigenvalue weighted by atomic mass is 79.9. The van der Waals surface area contributed by atoms with Gasteiger partial charge in [-0.25, -0.2) is 0 Å². The van der Waals surface area contributed by atoms with Crippen molar-refractivity contribution in [3.05, 3.63) is 28.7 Å². The van der Waals surface area contributed by atoms with Crippen molar-refractivity contribution in [2.75, 3.05) is 5.75 Å². The molecule has 0 saturated heterocycles. The highest BCUT2D eigenvalue weighted by Crippen LogP contribution is 2.44. The number of carbonyl (C=O) groups is 1. The SMILES string of the molecule is CCn1c(SCC(=O)N[C@@H]2C[C@H]3CC[C@H]2C3)nnc1-c1ccc(Br)cc1. The van der Waals surface area contributed by atoms with E-state index in [1.807, 2.05) is 24.3 Å². The molecule has 4 rings (SSSR count). The van der Waals surface area contributed by atoms with Crippen LogP contribution in [0.2, 0.25) is 0 Å². The molecule has 2 aliphatic rings. The molecule has 1 amide bonds. The predicted molar refractivity (Wildman–Crippen MR) is 107 cm³/mol. The molecule has 0 spiro atoms. The van der Waals surface area contributed by atoms with Gasteiger partial charge in [-0.1, -0.05) is 46.2 Å². The highest BCUT2D eigenvalue weighted by molar-refractivity contribution is 9.10. The van der Waals surface area contributed by atoms with Crippen molar-refractivity contribution in [1.82, 2.24) is 20.1 Å². The third-order valence-electron chi connectivity index (χ3n) is 5.55. The van der Waals surface area contributed by atoms with Crippen molar-refractivity contribution < 1.29 is 4.79 Å². The van der Waals surface area contributed by atoms with Crippen LogP contribution in [0.4, 0.5) is 0 Å². The summed E-state index contributed by atoms with van der Waals surface area (Å²) in [6, 6.07) is 8.44. The summed E-state index contributed by atoms with van der Waals surface area (Å²) in [5, 5.41) is 12.7. The lowest BCUT2D eigenvalue weighted by atomic mass is 9.95. The van der Waals surface area contributed by atoms with E-state index < -0.39 is 0 Å². The first-order valence-corrected chi connectivity index (χ1v) is 11.0. The third kappa shape index (κ3) is 3.69. The molecule has 1 aromatic carbocycles. The molecule has 2 aliphatic carbocycles. The molecule has 0 aliphatic heterocycles. The lowest BCUT2D eigenvalue weighted by Gasteiger charge is -2.22. The standard InChI is InChI=1S/C19H23BrN4OS/c1-2-24-18(13-5-7-15(20)8-6-13)22-23-19(24)26-11-17(25)21-16-10-12-3-4-14(16)9-12/h5-8,12,14,16H,2-4,9-11H2,1H3,(H,21,25)/t12-,14-,16+/m0/s1. The second kappa shape index (κ2) is 7.72. The van der Waals surface area contributed by atoms with Crippen molar-refractivity contribution in [3.63, 3.8) is 0 Å². The number of fused-ring (bicyclic) bond motifs is 2. The maximum Gasteiger partial charge on any atom is 0.230 e.